The Morgan fingerprint density at radius 1 is 1.13 bits per heavy atom. The number of hydrogen-bond donors (Lipinski definition) is 1. The number of nitrogens with zero attached hydrogens (tertiary/aromatic N) is 1. The Hall–Kier alpha value is -0.120. The van der Waals surface area contributed by atoms with Crippen molar-refractivity contribution in [1.82, 2.24) is 10.2 Å². The lowest BCUT2D eigenvalue weighted by molar-refractivity contribution is 0.0757. The maximum absolute atomic E-state index is 5.36. The number of nitrogens with one attached hydrogen (secondary N) is 1. The van der Waals surface area contributed by atoms with Crippen molar-refractivity contribution >= 4 is 0 Å². The summed E-state index contributed by atoms with van der Waals surface area (Å²) in [5.41, 5.74) is 0. The zero-order valence-corrected chi connectivity index (χ0v) is 9.87. The van der Waals surface area contributed by atoms with Crippen LogP contribution in [0.2, 0.25) is 0 Å². The quantitative estimate of drug-likeness (QED) is 0.758. The second-order valence-corrected chi connectivity index (χ2v) is 5.04. The molecule has 2 fully saturated rings. The molecule has 2 heterocycles. The van der Waals surface area contributed by atoms with E-state index >= 15 is 0 Å². The molecule has 2 rings (SSSR count). The van der Waals surface area contributed by atoms with Gasteiger partial charge < -0.3 is 15.0 Å². The summed E-state index contributed by atoms with van der Waals surface area (Å²) < 4.78 is 5.36. The van der Waals surface area contributed by atoms with Gasteiger partial charge >= 0.3 is 0 Å². The van der Waals surface area contributed by atoms with Gasteiger partial charge in [0, 0.05) is 19.3 Å². The predicted octanol–water partition coefficient (Wildman–Crippen LogP) is 1.10. The highest BCUT2D eigenvalue weighted by atomic mass is 16.5. The van der Waals surface area contributed by atoms with Crippen LogP contribution in [-0.4, -0.2) is 50.8 Å². The number of ether oxygens (including phenoxy) is 1. The number of hydrogen-bond acceptors (Lipinski definition) is 3. The maximum atomic E-state index is 5.36. The maximum Gasteiger partial charge on any atom is 0.0480 e. The van der Waals surface area contributed by atoms with Crippen molar-refractivity contribution in [3.63, 3.8) is 0 Å². The highest BCUT2D eigenvalue weighted by Gasteiger charge is 2.19. The van der Waals surface area contributed by atoms with Gasteiger partial charge in [0.1, 0.15) is 0 Å². The van der Waals surface area contributed by atoms with Gasteiger partial charge in [-0.05, 0) is 58.3 Å². The molecule has 88 valence electrons. The molecule has 3 heteroatoms. The molecule has 2 aliphatic rings. The molecular formula is C12H24N2O. The van der Waals surface area contributed by atoms with Crippen LogP contribution in [0.15, 0.2) is 0 Å². The van der Waals surface area contributed by atoms with Gasteiger partial charge in [0.05, 0.1) is 0 Å². The van der Waals surface area contributed by atoms with Crippen molar-refractivity contribution in [2.45, 2.75) is 31.7 Å². The topological polar surface area (TPSA) is 24.5 Å². The van der Waals surface area contributed by atoms with E-state index in [1.807, 2.05) is 0 Å². The highest BCUT2D eigenvalue weighted by Crippen LogP contribution is 2.16. The first-order valence-corrected chi connectivity index (χ1v) is 6.34. The van der Waals surface area contributed by atoms with Crippen molar-refractivity contribution in [1.29, 1.82) is 0 Å². The Bertz CT molecular complexity index is 172. The van der Waals surface area contributed by atoms with E-state index in [1.54, 1.807) is 0 Å². The first-order chi connectivity index (χ1) is 7.34. The van der Waals surface area contributed by atoms with E-state index in [9.17, 15) is 0 Å². The van der Waals surface area contributed by atoms with Crippen LogP contribution in [0.1, 0.15) is 25.7 Å². The van der Waals surface area contributed by atoms with Crippen LogP contribution in [0.5, 0.6) is 0 Å². The van der Waals surface area contributed by atoms with Gasteiger partial charge in [0.2, 0.25) is 0 Å². The van der Waals surface area contributed by atoms with Gasteiger partial charge in [-0.3, -0.25) is 0 Å². The van der Waals surface area contributed by atoms with Crippen LogP contribution in [0, 0.1) is 5.92 Å². The Kier molecular flexibility index (Phi) is 4.42. The Morgan fingerprint density at radius 3 is 2.47 bits per heavy atom. The molecule has 0 atom stereocenters. The van der Waals surface area contributed by atoms with Crippen LogP contribution in [0.25, 0.3) is 0 Å². The van der Waals surface area contributed by atoms with Crippen LogP contribution in [0.4, 0.5) is 0 Å². The largest absolute Gasteiger partial charge is 0.381 e. The van der Waals surface area contributed by atoms with Crippen LogP contribution < -0.4 is 5.32 Å². The molecule has 0 amide bonds. The highest BCUT2D eigenvalue weighted by molar-refractivity contribution is 4.76. The summed E-state index contributed by atoms with van der Waals surface area (Å²) in [5.74, 6) is 0.907. The molecule has 2 saturated heterocycles. The molecule has 1 N–H and O–H groups in total. The normalized spacial score (nSPS) is 27.0. The minimum Gasteiger partial charge on any atom is -0.381 e. The summed E-state index contributed by atoms with van der Waals surface area (Å²) in [6, 6.07) is 0.721. The molecule has 0 radical (unpaired) electrons. The molecule has 0 aliphatic carbocycles. The standard InChI is InChI=1S/C12H24N2O/c1-14-6-2-11(3-7-14)10-13-12-4-8-15-9-5-12/h11-13H,2-10H2,1H3. The molecule has 0 saturated carbocycles. The number of likely N-dealkylation sites (tertiary alicyclic amines) is 1. The van der Waals surface area contributed by atoms with Crippen molar-refractivity contribution in [2.75, 3.05) is 39.9 Å². The third kappa shape index (κ3) is 3.74. The average molecular weight is 212 g/mol. The minimum absolute atomic E-state index is 0.721. The average Bonchev–Trinajstić information content (AvgIpc) is 2.30. The van der Waals surface area contributed by atoms with E-state index in [0.717, 1.165) is 25.2 Å². The fourth-order valence-corrected chi connectivity index (χ4v) is 2.50. The molecule has 0 bridgehead atoms. The molecule has 0 unspecified atom stereocenters. The fraction of sp³-hybridized carbons (Fsp3) is 1.00. The summed E-state index contributed by atoms with van der Waals surface area (Å²) in [6.45, 7) is 5.68. The van der Waals surface area contributed by atoms with Gasteiger partial charge in [-0.1, -0.05) is 0 Å². The van der Waals surface area contributed by atoms with E-state index in [1.165, 1.54) is 45.3 Å². The Morgan fingerprint density at radius 2 is 1.80 bits per heavy atom. The van der Waals surface area contributed by atoms with Gasteiger partial charge in [-0.2, -0.15) is 0 Å². The molecule has 0 aromatic carbocycles. The summed E-state index contributed by atoms with van der Waals surface area (Å²) in [7, 11) is 2.22. The molecule has 2 aliphatic heterocycles. The zero-order valence-electron chi connectivity index (χ0n) is 9.87. The summed E-state index contributed by atoms with van der Waals surface area (Å²) in [6.07, 6.45) is 5.14. The zero-order chi connectivity index (χ0) is 10.5. The minimum atomic E-state index is 0.721. The Labute approximate surface area is 93.2 Å². The molecule has 0 aromatic heterocycles. The third-order valence-electron chi connectivity index (χ3n) is 3.75. The molecular weight excluding hydrogens is 188 g/mol. The lowest BCUT2D eigenvalue weighted by Gasteiger charge is -2.31. The second-order valence-electron chi connectivity index (χ2n) is 5.04. The van der Waals surface area contributed by atoms with Gasteiger partial charge in [-0.25, -0.2) is 0 Å². The molecule has 3 nitrogen and oxygen atoms in total. The van der Waals surface area contributed by atoms with Crippen molar-refractivity contribution in [3.8, 4) is 0 Å². The summed E-state index contributed by atoms with van der Waals surface area (Å²) in [5, 5.41) is 3.71. The molecule has 15 heavy (non-hydrogen) atoms. The molecule has 0 spiro atoms. The number of piperidine rings is 1. The van der Waals surface area contributed by atoms with Crippen LogP contribution in [-0.2, 0) is 4.74 Å². The van der Waals surface area contributed by atoms with Crippen molar-refractivity contribution in [2.24, 2.45) is 5.92 Å². The molecule has 0 aromatic rings. The predicted molar refractivity (Wildman–Crippen MR) is 62.1 cm³/mol. The van der Waals surface area contributed by atoms with Gasteiger partial charge in [0.15, 0.2) is 0 Å². The van der Waals surface area contributed by atoms with Gasteiger partial charge in [0.25, 0.3) is 0 Å². The van der Waals surface area contributed by atoms with Gasteiger partial charge in [-0.15, -0.1) is 0 Å². The van der Waals surface area contributed by atoms with Crippen LogP contribution in [0.3, 0.4) is 0 Å². The van der Waals surface area contributed by atoms with E-state index in [0.29, 0.717) is 0 Å². The first kappa shape index (κ1) is 11.4. The van der Waals surface area contributed by atoms with E-state index in [4.69, 9.17) is 4.74 Å². The SMILES string of the molecule is CN1CCC(CNC2CCOCC2)CC1. The summed E-state index contributed by atoms with van der Waals surface area (Å²) >= 11 is 0. The third-order valence-corrected chi connectivity index (χ3v) is 3.75. The smallest absolute Gasteiger partial charge is 0.0480 e. The lowest BCUT2D eigenvalue weighted by Crippen LogP contribution is -2.40. The fourth-order valence-electron chi connectivity index (χ4n) is 2.50. The first-order valence-electron chi connectivity index (χ1n) is 6.34. The lowest BCUT2D eigenvalue weighted by atomic mass is 9.96. The second kappa shape index (κ2) is 5.83. The van der Waals surface area contributed by atoms with E-state index in [2.05, 4.69) is 17.3 Å². The van der Waals surface area contributed by atoms with E-state index in [-0.39, 0.29) is 0 Å². The summed E-state index contributed by atoms with van der Waals surface area (Å²) in [4.78, 5) is 2.44. The Balaban J connectivity index is 1.60. The van der Waals surface area contributed by atoms with E-state index < -0.39 is 0 Å². The monoisotopic (exact) mass is 212 g/mol. The van der Waals surface area contributed by atoms with Crippen LogP contribution >= 0.6 is 0 Å². The van der Waals surface area contributed by atoms with Crippen molar-refractivity contribution < 1.29 is 4.74 Å². The van der Waals surface area contributed by atoms with Crippen molar-refractivity contribution in [3.05, 3.63) is 0 Å². The number of rotatable bonds is 3.